The third kappa shape index (κ3) is 4.98. The zero-order valence-electron chi connectivity index (χ0n) is 17.5. The predicted octanol–water partition coefficient (Wildman–Crippen LogP) is 2.69. The van der Waals surface area contributed by atoms with E-state index in [2.05, 4.69) is 30.1 Å². The lowest BCUT2D eigenvalue weighted by atomic mass is 10.3. The van der Waals surface area contributed by atoms with Gasteiger partial charge >= 0.3 is 0 Å². The Bertz CT molecular complexity index is 1180. The zero-order chi connectivity index (χ0) is 22.6. The van der Waals surface area contributed by atoms with Crippen LogP contribution in [-0.2, 0) is 11.4 Å². The van der Waals surface area contributed by atoms with Gasteiger partial charge in [-0.25, -0.2) is 4.98 Å². The molecule has 5 heterocycles. The normalized spacial score (nSPS) is 17.5. The first-order valence-electron chi connectivity index (χ1n) is 10.3. The Labute approximate surface area is 193 Å². The number of aromatic nitrogens is 3. The Kier molecular flexibility index (Phi) is 5.94. The predicted molar refractivity (Wildman–Crippen MR) is 123 cm³/mol. The van der Waals surface area contributed by atoms with Gasteiger partial charge in [0.1, 0.15) is 12.4 Å². The number of imide groups is 1. The van der Waals surface area contributed by atoms with Gasteiger partial charge in [-0.2, -0.15) is 4.98 Å². The number of nitrogens with zero attached hydrogens (tertiary/aromatic N) is 5. The molecule has 3 aromatic rings. The van der Waals surface area contributed by atoms with Crippen LogP contribution in [0.15, 0.2) is 58.3 Å². The number of anilines is 2. The van der Waals surface area contributed by atoms with E-state index in [0.717, 1.165) is 30.5 Å². The number of pyridine rings is 1. The van der Waals surface area contributed by atoms with Crippen molar-refractivity contribution < 1.29 is 18.7 Å². The smallest absolute Gasteiger partial charge is 0.290 e. The molecule has 10 nitrogen and oxygen atoms in total. The van der Waals surface area contributed by atoms with E-state index in [4.69, 9.17) is 9.15 Å². The number of amides is 2. The summed E-state index contributed by atoms with van der Waals surface area (Å²) < 4.78 is 11.2. The molecule has 5 rings (SSSR count). The van der Waals surface area contributed by atoms with Crippen LogP contribution in [0.2, 0.25) is 0 Å². The van der Waals surface area contributed by atoms with Gasteiger partial charge in [0, 0.05) is 38.4 Å². The van der Waals surface area contributed by atoms with Crippen LogP contribution in [0.3, 0.4) is 0 Å². The maximum Gasteiger partial charge on any atom is 0.290 e. The summed E-state index contributed by atoms with van der Waals surface area (Å²) in [5, 5.41) is 1.85. The average molecular weight is 465 g/mol. The summed E-state index contributed by atoms with van der Waals surface area (Å²) in [6, 6.07) is 9.20. The van der Waals surface area contributed by atoms with Crippen LogP contribution in [0.5, 0.6) is 5.88 Å². The number of hydrogen-bond donors (Lipinski definition) is 1. The molecule has 1 N–H and O–H groups in total. The second kappa shape index (κ2) is 9.33. The fraction of sp³-hybridized carbons (Fsp3) is 0.227. The molecule has 11 heteroatoms. The van der Waals surface area contributed by atoms with E-state index in [-0.39, 0.29) is 11.5 Å². The number of rotatable bonds is 6. The lowest BCUT2D eigenvalue weighted by molar-refractivity contribution is -0.115. The van der Waals surface area contributed by atoms with Gasteiger partial charge in [0.25, 0.3) is 11.1 Å². The van der Waals surface area contributed by atoms with Gasteiger partial charge in [0.05, 0.1) is 28.7 Å². The maximum absolute atomic E-state index is 12.0. The lowest BCUT2D eigenvalue weighted by Gasteiger charge is -2.36. The number of thioether (sulfide) groups is 1. The van der Waals surface area contributed by atoms with E-state index in [1.54, 1.807) is 30.7 Å². The minimum atomic E-state index is -0.437. The van der Waals surface area contributed by atoms with E-state index in [9.17, 15) is 9.59 Å². The van der Waals surface area contributed by atoms with Crippen molar-refractivity contribution in [3.05, 3.63) is 65.3 Å². The summed E-state index contributed by atoms with van der Waals surface area (Å²) >= 11 is 0.844. The second-order valence-corrected chi connectivity index (χ2v) is 8.35. The molecular weight excluding hydrogens is 444 g/mol. The number of ether oxygens (including phenoxy) is 1. The summed E-state index contributed by atoms with van der Waals surface area (Å²) in [7, 11) is 0. The quantitative estimate of drug-likeness (QED) is 0.546. The van der Waals surface area contributed by atoms with Crippen LogP contribution < -0.4 is 19.9 Å². The fourth-order valence-corrected chi connectivity index (χ4v) is 4.19. The Morgan fingerprint density at radius 3 is 2.67 bits per heavy atom. The summed E-state index contributed by atoms with van der Waals surface area (Å²) in [6.07, 6.45) is 6.76. The molecule has 2 saturated heterocycles. The van der Waals surface area contributed by atoms with Gasteiger partial charge in [-0.3, -0.25) is 19.9 Å². The Morgan fingerprint density at radius 2 is 1.97 bits per heavy atom. The minimum absolute atomic E-state index is 0.210. The van der Waals surface area contributed by atoms with Gasteiger partial charge < -0.3 is 19.0 Å². The number of nitrogens with one attached hydrogen (secondary N) is 1. The molecule has 0 unspecified atom stereocenters. The SMILES string of the molecule is O=C1NC(=O)C(=Cc2cc(OCc3ccco3)nc(N3CCN(c4cccnc4)CC3)n2)S1. The van der Waals surface area contributed by atoms with Crippen LogP contribution in [0.4, 0.5) is 16.4 Å². The van der Waals surface area contributed by atoms with Crippen molar-refractivity contribution in [1.82, 2.24) is 20.3 Å². The molecular formula is C22H20N6O4S. The Hall–Kier alpha value is -3.86. The minimum Gasteiger partial charge on any atom is -0.469 e. The van der Waals surface area contributed by atoms with Crippen LogP contribution in [0.25, 0.3) is 6.08 Å². The van der Waals surface area contributed by atoms with E-state index in [0.29, 0.717) is 36.4 Å². The third-order valence-corrected chi connectivity index (χ3v) is 5.96. The summed E-state index contributed by atoms with van der Waals surface area (Å²) in [6.45, 7) is 3.20. The van der Waals surface area contributed by atoms with E-state index < -0.39 is 11.1 Å². The number of hydrogen-bond acceptors (Lipinski definition) is 10. The molecule has 2 aliphatic rings. The van der Waals surface area contributed by atoms with Crippen LogP contribution >= 0.6 is 11.8 Å². The highest BCUT2D eigenvalue weighted by Gasteiger charge is 2.26. The van der Waals surface area contributed by atoms with Gasteiger partial charge in [-0.1, -0.05) is 0 Å². The van der Waals surface area contributed by atoms with Gasteiger partial charge in [0.15, 0.2) is 0 Å². The van der Waals surface area contributed by atoms with E-state index >= 15 is 0 Å². The monoisotopic (exact) mass is 464 g/mol. The molecule has 0 spiro atoms. The molecule has 2 fully saturated rings. The average Bonchev–Trinajstić information content (AvgIpc) is 3.47. The number of piperazine rings is 1. The highest BCUT2D eigenvalue weighted by Crippen LogP contribution is 2.27. The Balaban J connectivity index is 1.37. The summed E-state index contributed by atoms with van der Waals surface area (Å²) in [4.78, 5) is 41.5. The van der Waals surface area contributed by atoms with Crippen molar-refractivity contribution in [1.29, 1.82) is 0 Å². The van der Waals surface area contributed by atoms with Crippen LogP contribution in [-0.4, -0.2) is 52.3 Å². The largest absolute Gasteiger partial charge is 0.469 e. The van der Waals surface area contributed by atoms with Crippen molar-refractivity contribution >= 4 is 40.6 Å². The van der Waals surface area contributed by atoms with Gasteiger partial charge in [-0.05, 0) is 42.1 Å². The molecule has 0 radical (unpaired) electrons. The van der Waals surface area contributed by atoms with E-state index in [1.165, 1.54) is 0 Å². The maximum atomic E-state index is 12.0. The lowest BCUT2D eigenvalue weighted by Crippen LogP contribution is -2.47. The number of carbonyl (C=O) groups is 2. The van der Waals surface area contributed by atoms with E-state index in [1.807, 2.05) is 24.4 Å². The molecule has 0 aliphatic carbocycles. The van der Waals surface area contributed by atoms with Crippen LogP contribution in [0.1, 0.15) is 11.5 Å². The van der Waals surface area contributed by atoms with Crippen molar-refractivity contribution in [3.63, 3.8) is 0 Å². The first-order valence-corrected chi connectivity index (χ1v) is 11.1. The molecule has 2 aliphatic heterocycles. The molecule has 0 aromatic carbocycles. The molecule has 0 bridgehead atoms. The zero-order valence-corrected chi connectivity index (χ0v) is 18.3. The van der Waals surface area contributed by atoms with Gasteiger partial charge in [-0.15, -0.1) is 0 Å². The van der Waals surface area contributed by atoms with Gasteiger partial charge in [0.2, 0.25) is 11.8 Å². The van der Waals surface area contributed by atoms with Crippen molar-refractivity contribution in [3.8, 4) is 5.88 Å². The first-order chi connectivity index (χ1) is 16.1. The topological polar surface area (TPSA) is 114 Å². The first kappa shape index (κ1) is 21.0. The highest BCUT2D eigenvalue weighted by atomic mass is 32.2. The molecule has 3 aromatic heterocycles. The van der Waals surface area contributed by atoms with Crippen LogP contribution in [0, 0.1) is 0 Å². The van der Waals surface area contributed by atoms with Crippen molar-refractivity contribution in [2.45, 2.75) is 6.61 Å². The Morgan fingerprint density at radius 1 is 1.12 bits per heavy atom. The fourth-order valence-electron chi connectivity index (χ4n) is 3.52. The summed E-state index contributed by atoms with van der Waals surface area (Å²) in [5.41, 5.74) is 1.56. The summed E-state index contributed by atoms with van der Waals surface area (Å²) in [5.74, 6) is 1.08. The molecule has 33 heavy (non-hydrogen) atoms. The third-order valence-electron chi connectivity index (χ3n) is 5.15. The number of furan rings is 1. The van der Waals surface area contributed by atoms with Crippen molar-refractivity contribution in [2.24, 2.45) is 0 Å². The standard InChI is InChI=1S/C22H20N6O4S/c29-20-18(33-22(30)26-20)11-15-12-19(32-14-17-4-2-10-31-17)25-21(24-15)28-8-6-27(7-9-28)16-3-1-5-23-13-16/h1-5,10-13H,6-9,14H2,(H,26,29,30). The molecule has 2 amide bonds. The highest BCUT2D eigenvalue weighted by molar-refractivity contribution is 8.18. The molecule has 0 atom stereocenters. The number of carbonyl (C=O) groups excluding carboxylic acids is 2. The van der Waals surface area contributed by atoms with Crippen molar-refractivity contribution in [2.75, 3.05) is 36.0 Å². The molecule has 168 valence electrons. The second-order valence-electron chi connectivity index (χ2n) is 7.34. The molecule has 0 saturated carbocycles.